The first-order valence-corrected chi connectivity index (χ1v) is 5.72. The Labute approximate surface area is 100 Å². The van der Waals surface area contributed by atoms with Crippen molar-refractivity contribution < 1.29 is 9.21 Å². The molecule has 0 spiro atoms. The van der Waals surface area contributed by atoms with Crippen LogP contribution >= 0.6 is 0 Å². The van der Waals surface area contributed by atoms with Crippen molar-refractivity contribution in [2.45, 2.75) is 12.8 Å². The fraction of sp³-hybridized carbons (Fsp3) is 0.214. The highest BCUT2D eigenvalue weighted by atomic mass is 16.3. The predicted molar refractivity (Wildman–Crippen MR) is 65.8 cm³/mol. The molecular weight excluding hydrogens is 214 g/mol. The zero-order chi connectivity index (χ0) is 11.9. The van der Waals surface area contributed by atoms with Gasteiger partial charge >= 0.3 is 0 Å². The van der Waals surface area contributed by atoms with Gasteiger partial charge in [-0.25, -0.2) is 0 Å². The van der Waals surface area contributed by atoms with Gasteiger partial charge in [-0.1, -0.05) is 30.3 Å². The lowest BCUT2D eigenvalue weighted by Gasteiger charge is -2.03. The minimum atomic E-state index is -0.150. The van der Waals surface area contributed by atoms with Gasteiger partial charge in [0.15, 0.2) is 5.76 Å². The highest BCUT2D eigenvalue weighted by molar-refractivity contribution is 5.91. The first-order valence-electron chi connectivity index (χ1n) is 5.72. The van der Waals surface area contributed by atoms with Crippen LogP contribution in [-0.4, -0.2) is 12.5 Å². The van der Waals surface area contributed by atoms with E-state index < -0.39 is 0 Å². The van der Waals surface area contributed by atoms with Crippen LogP contribution < -0.4 is 5.32 Å². The molecule has 17 heavy (non-hydrogen) atoms. The summed E-state index contributed by atoms with van der Waals surface area (Å²) in [6.07, 6.45) is 3.40. The Bertz CT molecular complexity index is 448. The van der Waals surface area contributed by atoms with Crippen LogP contribution in [0.15, 0.2) is 53.1 Å². The number of carbonyl (C=O) groups excluding carboxylic acids is 1. The first kappa shape index (κ1) is 11.5. The number of hydrogen-bond acceptors (Lipinski definition) is 2. The largest absolute Gasteiger partial charge is 0.459 e. The van der Waals surface area contributed by atoms with Crippen LogP contribution in [0.4, 0.5) is 0 Å². The number of hydrogen-bond donors (Lipinski definition) is 1. The van der Waals surface area contributed by atoms with Crippen LogP contribution in [0.5, 0.6) is 0 Å². The zero-order valence-corrected chi connectivity index (χ0v) is 9.56. The molecule has 0 saturated carbocycles. The van der Waals surface area contributed by atoms with Gasteiger partial charge in [-0.05, 0) is 30.5 Å². The van der Waals surface area contributed by atoms with Crippen molar-refractivity contribution in [1.29, 1.82) is 0 Å². The summed E-state index contributed by atoms with van der Waals surface area (Å²) in [5.41, 5.74) is 1.29. The van der Waals surface area contributed by atoms with Crippen molar-refractivity contribution >= 4 is 5.91 Å². The van der Waals surface area contributed by atoms with Crippen LogP contribution in [0.25, 0.3) is 0 Å². The Hall–Kier alpha value is -2.03. The number of furan rings is 1. The highest BCUT2D eigenvalue weighted by Gasteiger charge is 2.06. The fourth-order valence-electron chi connectivity index (χ4n) is 1.63. The van der Waals surface area contributed by atoms with Crippen molar-refractivity contribution in [2.75, 3.05) is 6.54 Å². The molecule has 0 radical (unpaired) electrons. The second-order valence-corrected chi connectivity index (χ2v) is 3.82. The average molecular weight is 229 g/mol. The molecule has 88 valence electrons. The van der Waals surface area contributed by atoms with Gasteiger partial charge in [0.05, 0.1) is 6.26 Å². The van der Waals surface area contributed by atoms with Gasteiger partial charge in [-0.2, -0.15) is 0 Å². The summed E-state index contributed by atoms with van der Waals surface area (Å²) in [4.78, 5) is 11.5. The molecule has 3 heteroatoms. The van der Waals surface area contributed by atoms with Crippen molar-refractivity contribution in [3.63, 3.8) is 0 Å². The van der Waals surface area contributed by atoms with E-state index in [9.17, 15) is 4.79 Å². The monoisotopic (exact) mass is 229 g/mol. The van der Waals surface area contributed by atoms with Crippen molar-refractivity contribution in [2.24, 2.45) is 0 Å². The quantitative estimate of drug-likeness (QED) is 0.801. The molecule has 1 N–H and O–H groups in total. The molecule has 1 amide bonds. The molecular formula is C14H15NO2. The number of aryl methyl sites for hydroxylation is 1. The van der Waals surface area contributed by atoms with Crippen molar-refractivity contribution in [3.05, 3.63) is 60.1 Å². The topological polar surface area (TPSA) is 42.2 Å². The number of nitrogens with one attached hydrogen (secondary N) is 1. The van der Waals surface area contributed by atoms with Crippen LogP contribution in [-0.2, 0) is 6.42 Å². The lowest BCUT2D eigenvalue weighted by molar-refractivity contribution is 0.0925. The van der Waals surface area contributed by atoms with Crippen LogP contribution in [0.2, 0.25) is 0 Å². The Morgan fingerprint density at radius 1 is 1.12 bits per heavy atom. The average Bonchev–Trinajstić information content (AvgIpc) is 2.89. The number of rotatable bonds is 5. The molecule has 2 aromatic rings. The molecule has 1 aromatic heterocycles. The van der Waals surface area contributed by atoms with Gasteiger partial charge in [0, 0.05) is 6.54 Å². The first-order chi connectivity index (χ1) is 8.36. The van der Waals surface area contributed by atoms with Crippen LogP contribution in [0.3, 0.4) is 0 Å². The number of benzene rings is 1. The summed E-state index contributed by atoms with van der Waals surface area (Å²) in [6, 6.07) is 13.6. The van der Waals surface area contributed by atoms with Gasteiger partial charge in [0.2, 0.25) is 0 Å². The lowest BCUT2D eigenvalue weighted by Crippen LogP contribution is -2.24. The summed E-state index contributed by atoms with van der Waals surface area (Å²) < 4.78 is 5.00. The second-order valence-electron chi connectivity index (χ2n) is 3.82. The van der Waals surface area contributed by atoms with Crippen molar-refractivity contribution in [3.8, 4) is 0 Å². The molecule has 1 heterocycles. The van der Waals surface area contributed by atoms with E-state index in [1.165, 1.54) is 11.8 Å². The Morgan fingerprint density at radius 3 is 2.65 bits per heavy atom. The van der Waals surface area contributed by atoms with E-state index in [2.05, 4.69) is 17.4 Å². The molecule has 0 saturated heterocycles. The molecule has 1 aromatic carbocycles. The maximum absolute atomic E-state index is 11.5. The molecule has 0 aliphatic rings. The van der Waals surface area contributed by atoms with E-state index >= 15 is 0 Å². The maximum Gasteiger partial charge on any atom is 0.286 e. The normalized spacial score (nSPS) is 10.1. The van der Waals surface area contributed by atoms with E-state index in [1.54, 1.807) is 12.1 Å². The van der Waals surface area contributed by atoms with Gasteiger partial charge in [0.1, 0.15) is 0 Å². The van der Waals surface area contributed by atoms with Crippen LogP contribution in [0.1, 0.15) is 22.5 Å². The summed E-state index contributed by atoms with van der Waals surface area (Å²) in [6.45, 7) is 0.661. The standard InChI is InChI=1S/C14H15NO2/c16-14(13-9-5-11-17-13)15-10-4-8-12-6-2-1-3-7-12/h1-3,5-7,9,11H,4,8,10H2,(H,15,16). The molecule has 0 aliphatic carbocycles. The fourth-order valence-corrected chi connectivity index (χ4v) is 1.63. The third-order valence-electron chi connectivity index (χ3n) is 2.52. The summed E-state index contributed by atoms with van der Waals surface area (Å²) in [5, 5.41) is 2.82. The number of carbonyl (C=O) groups is 1. The molecule has 2 rings (SSSR count). The van der Waals surface area contributed by atoms with Gasteiger partial charge < -0.3 is 9.73 Å². The third kappa shape index (κ3) is 3.48. The Balaban J connectivity index is 1.69. The highest BCUT2D eigenvalue weighted by Crippen LogP contribution is 2.02. The summed E-state index contributed by atoms with van der Waals surface area (Å²) >= 11 is 0. The minimum Gasteiger partial charge on any atom is -0.459 e. The SMILES string of the molecule is O=C(NCCCc1ccccc1)c1ccco1. The van der Waals surface area contributed by atoms with E-state index in [0.29, 0.717) is 12.3 Å². The predicted octanol–water partition coefficient (Wildman–Crippen LogP) is 2.64. The summed E-state index contributed by atoms with van der Waals surface area (Å²) in [7, 11) is 0. The maximum atomic E-state index is 11.5. The summed E-state index contributed by atoms with van der Waals surface area (Å²) in [5.74, 6) is 0.216. The smallest absolute Gasteiger partial charge is 0.286 e. The van der Waals surface area contributed by atoms with Crippen molar-refractivity contribution in [1.82, 2.24) is 5.32 Å². The Kier molecular flexibility index (Phi) is 3.97. The minimum absolute atomic E-state index is 0.150. The molecule has 0 atom stereocenters. The Morgan fingerprint density at radius 2 is 1.94 bits per heavy atom. The van der Waals surface area contributed by atoms with E-state index in [4.69, 9.17) is 4.42 Å². The van der Waals surface area contributed by atoms with E-state index in [1.807, 2.05) is 18.2 Å². The van der Waals surface area contributed by atoms with Gasteiger partial charge in [0.25, 0.3) is 5.91 Å². The molecule has 0 unspecified atom stereocenters. The molecule has 3 nitrogen and oxygen atoms in total. The molecule has 0 aliphatic heterocycles. The van der Waals surface area contributed by atoms with Gasteiger partial charge in [-0.15, -0.1) is 0 Å². The lowest BCUT2D eigenvalue weighted by atomic mass is 10.1. The molecule has 0 bridgehead atoms. The van der Waals surface area contributed by atoms with E-state index in [-0.39, 0.29) is 5.91 Å². The zero-order valence-electron chi connectivity index (χ0n) is 9.56. The number of amides is 1. The van der Waals surface area contributed by atoms with E-state index in [0.717, 1.165) is 12.8 Å². The third-order valence-corrected chi connectivity index (χ3v) is 2.52. The second kappa shape index (κ2) is 5.89. The van der Waals surface area contributed by atoms with Crippen LogP contribution in [0, 0.1) is 0 Å². The van der Waals surface area contributed by atoms with Gasteiger partial charge in [-0.3, -0.25) is 4.79 Å². The molecule has 0 fully saturated rings.